The summed E-state index contributed by atoms with van der Waals surface area (Å²) in [6, 6.07) is 0. The van der Waals surface area contributed by atoms with E-state index in [4.69, 9.17) is 0 Å². The van der Waals surface area contributed by atoms with Gasteiger partial charge in [0.15, 0.2) is 0 Å². The van der Waals surface area contributed by atoms with Gasteiger partial charge in [-0.15, -0.1) is 0 Å². The summed E-state index contributed by atoms with van der Waals surface area (Å²) in [7, 11) is 0. The van der Waals surface area contributed by atoms with Gasteiger partial charge in [0.1, 0.15) is 5.78 Å². The van der Waals surface area contributed by atoms with Crippen LogP contribution in [0.2, 0.25) is 0 Å². The molecule has 3 nitrogen and oxygen atoms in total. The van der Waals surface area contributed by atoms with Gasteiger partial charge in [-0.2, -0.15) is 0 Å². The Bertz CT molecular complexity index is 277. The number of carbonyl (C=O) groups is 2. The molecule has 3 heteroatoms. The van der Waals surface area contributed by atoms with Crippen molar-refractivity contribution in [2.24, 2.45) is 11.8 Å². The second kappa shape index (κ2) is 3.07. The highest BCUT2D eigenvalue weighted by Gasteiger charge is 2.50. The first-order valence-electron chi connectivity index (χ1n) is 5.37. The second-order valence-corrected chi connectivity index (χ2v) is 4.99. The molecular formula is C11H17NO2. The molecule has 78 valence electrons. The van der Waals surface area contributed by atoms with Crippen molar-refractivity contribution < 1.29 is 9.59 Å². The zero-order valence-corrected chi connectivity index (χ0v) is 8.80. The maximum atomic E-state index is 11.6. The number of nitrogens with one attached hydrogen (secondary N) is 1. The fraction of sp³-hybridized carbons (Fsp3) is 0.818. The Balaban J connectivity index is 1.90. The highest BCUT2D eigenvalue weighted by atomic mass is 16.2. The molecule has 0 aromatic rings. The Morgan fingerprint density at radius 3 is 2.57 bits per heavy atom. The van der Waals surface area contributed by atoms with E-state index in [1.165, 1.54) is 0 Å². The molecule has 1 saturated heterocycles. The number of ketones is 1. The Labute approximate surface area is 84.2 Å². The average molecular weight is 195 g/mol. The second-order valence-electron chi connectivity index (χ2n) is 4.99. The van der Waals surface area contributed by atoms with Crippen molar-refractivity contribution in [3.63, 3.8) is 0 Å². The molecule has 0 aromatic carbocycles. The molecule has 0 bridgehead atoms. The molecule has 2 aliphatic rings. The van der Waals surface area contributed by atoms with E-state index in [0.29, 0.717) is 12.2 Å². The predicted octanol–water partition coefficient (Wildman–Crippen LogP) is 1.27. The molecule has 1 saturated carbocycles. The summed E-state index contributed by atoms with van der Waals surface area (Å²) in [5.74, 6) is 0.847. The minimum atomic E-state index is 0.00625. The highest BCUT2D eigenvalue weighted by Crippen LogP contribution is 2.44. The molecule has 1 spiro atoms. The topological polar surface area (TPSA) is 46.2 Å². The van der Waals surface area contributed by atoms with E-state index in [1.807, 2.05) is 13.8 Å². The smallest absolute Gasteiger partial charge is 0.220 e. The van der Waals surface area contributed by atoms with E-state index in [2.05, 4.69) is 5.32 Å². The zero-order valence-electron chi connectivity index (χ0n) is 8.80. The Morgan fingerprint density at radius 2 is 2.14 bits per heavy atom. The third-order valence-electron chi connectivity index (χ3n) is 3.48. The lowest BCUT2D eigenvalue weighted by Gasteiger charge is -2.44. The lowest BCUT2D eigenvalue weighted by Crippen LogP contribution is -2.54. The molecule has 14 heavy (non-hydrogen) atoms. The van der Waals surface area contributed by atoms with E-state index in [-0.39, 0.29) is 23.3 Å². The van der Waals surface area contributed by atoms with Crippen LogP contribution in [0.15, 0.2) is 0 Å². The number of hydrogen-bond donors (Lipinski definition) is 1. The fourth-order valence-electron chi connectivity index (χ4n) is 2.64. The van der Waals surface area contributed by atoms with Crippen molar-refractivity contribution in [1.29, 1.82) is 0 Å². The van der Waals surface area contributed by atoms with Gasteiger partial charge < -0.3 is 5.32 Å². The van der Waals surface area contributed by atoms with Crippen molar-refractivity contribution in [3.8, 4) is 0 Å². The molecule has 1 aliphatic heterocycles. The SMILES string of the molecule is CC(C)C(=O)C1CC2(CCC(=O)N2)C1. The number of rotatable bonds is 2. The number of amides is 1. The van der Waals surface area contributed by atoms with Crippen molar-refractivity contribution in [1.82, 2.24) is 5.32 Å². The Kier molecular flexibility index (Phi) is 2.13. The van der Waals surface area contributed by atoms with Gasteiger partial charge in [0.25, 0.3) is 0 Å². The predicted molar refractivity (Wildman–Crippen MR) is 52.7 cm³/mol. The molecule has 0 unspecified atom stereocenters. The van der Waals surface area contributed by atoms with Crippen LogP contribution in [-0.2, 0) is 9.59 Å². The van der Waals surface area contributed by atoms with Gasteiger partial charge in [0.2, 0.25) is 5.91 Å². The fourth-order valence-corrected chi connectivity index (χ4v) is 2.64. The molecule has 0 aromatic heterocycles. The minimum Gasteiger partial charge on any atom is -0.351 e. The molecule has 2 fully saturated rings. The lowest BCUT2D eigenvalue weighted by atomic mass is 9.64. The maximum absolute atomic E-state index is 11.6. The lowest BCUT2D eigenvalue weighted by molar-refractivity contribution is -0.132. The number of carbonyl (C=O) groups excluding carboxylic acids is 2. The summed E-state index contributed by atoms with van der Waals surface area (Å²) in [4.78, 5) is 22.7. The van der Waals surface area contributed by atoms with Crippen LogP contribution in [0.1, 0.15) is 39.5 Å². The standard InChI is InChI=1S/C11H17NO2/c1-7(2)10(14)8-5-11(6-8)4-3-9(13)12-11/h7-8H,3-6H2,1-2H3,(H,12,13). The van der Waals surface area contributed by atoms with Gasteiger partial charge in [-0.25, -0.2) is 0 Å². The normalized spacial score (nSPS) is 35.9. The summed E-state index contributed by atoms with van der Waals surface area (Å²) in [6.45, 7) is 3.89. The van der Waals surface area contributed by atoms with Crippen LogP contribution in [0.3, 0.4) is 0 Å². The van der Waals surface area contributed by atoms with Crippen LogP contribution in [0, 0.1) is 11.8 Å². The zero-order chi connectivity index (χ0) is 10.3. The molecule has 0 radical (unpaired) electrons. The minimum absolute atomic E-state index is 0.00625. The van der Waals surface area contributed by atoms with Gasteiger partial charge in [-0.05, 0) is 19.3 Å². The highest BCUT2D eigenvalue weighted by molar-refractivity contribution is 5.86. The van der Waals surface area contributed by atoms with Gasteiger partial charge in [-0.1, -0.05) is 13.8 Å². The third kappa shape index (κ3) is 1.45. The van der Waals surface area contributed by atoms with Crippen molar-refractivity contribution in [2.75, 3.05) is 0 Å². The van der Waals surface area contributed by atoms with Crippen LogP contribution >= 0.6 is 0 Å². The quantitative estimate of drug-likeness (QED) is 0.721. The van der Waals surface area contributed by atoms with Gasteiger partial charge >= 0.3 is 0 Å². The van der Waals surface area contributed by atoms with Crippen LogP contribution in [0.5, 0.6) is 0 Å². The Hall–Kier alpha value is -0.860. The molecule has 1 aliphatic carbocycles. The van der Waals surface area contributed by atoms with Gasteiger partial charge in [0.05, 0.1) is 0 Å². The van der Waals surface area contributed by atoms with E-state index in [0.717, 1.165) is 19.3 Å². The van der Waals surface area contributed by atoms with Gasteiger partial charge in [0, 0.05) is 23.8 Å². The first kappa shape index (κ1) is 9.69. The number of Topliss-reactive ketones (excluding diaryl/α,β-unsaturated/α-hetero) is 1. The average Bonchev–Trinajstić information content (AvgIpc) is 2.43. The summed E-state index contributed by atoms with van der Waals surface area (Å²) < 4.78 is 0. The molecule has 1 amide bonds. The third-order valence-corrected chi connectivity index (χ3v) is 3.48. The molecular weight excluding hydrogens is 178 g/mol. The maximum Gasteiger partial charge on any atom is 0.220 e. The van der Waals surface area contributed by atoms with Crippen LogP contribution < -0.4 is 5.32 Å². The molecule has 0 atom stereocenters. The van der Waals surface area contributed by atoms with E-state index < -0.39 is 0 Å². The van der Waals surface area contributed by atoms with Crippen LogP contribution in [0.4, 0.5) is 0 Å². The summed E-state index contributed by atoms with van der Waals surface area (Å²) in [6.07, 6.45) is 3.31. The largest absolute Gasteiger partial charge is 0.351 e. The van der Waals surface area contributed by atoms with Crippen LogP contribution in [-0.4, -0.2) is 17.2 Å². The van der Waals surface area contributed by atoms with E-state index >= 15 is 0 Å². The van der Waals surface area contributed by atoms with Crippen molar-refractivity contribution in [2.45, 2.75) is 45.1 Å². The molecule has 2 rings (SSSR count). The van der Waals surface area contributed by atoms with Crippen molar-refractivity contribution in [3.05, 3.63) is 0 Å². The Morgan fingerprint density at radius 1 is 1.50 bits per heavy atom. The molecule has 1 heterocycles. The monoisotopic (exact) mass is 195 g/mol. The first-order chi connectivity index (χ1) is 6.52. The summed E-state index contributed by atoms with van der Waals surface area (Å²) >= 11 is 0. The van der Waals surface area contributed by atoms with Gasteiger partial charge in [-0.3, -0.25) is 9.59 Å². The summed E-state index contributed by atoms with van der Waals surface area (Å²) in [5.41, 5.74) is 0.00625. The van der Waals surface area contributed by atoms with E-state index in [1.54, 1.807) is 0 Å². The van der Waals surface area contributed by atoms with E-state index in [9.17, 15) is 9.59 Å². The van der Waals surface area contributed by atoms with Crippen LogP contribution in [0.25, 0.3) is 0 Å². The number of hydrogen-bond acceptors (Lipinski definition) is 2. The van der Waals surface area contributed by atoms with Crippen molar-refractivity contribution >= 4 is 11.7 Å². The first-order valence-corrected chi connectivity index (χ1v) is 5.37. The summed E-state index contributed by atoms with van der Waals surface area (Å²) in [5, 5.41) is 3.00. The molecule has 1 N–H and O–H groups in total.